The number of nitrogens with zero attached hydrogens (tertiary/aromatic N) is 2. The third kappa shape index (κ3) is 1.59. The molecule has 1 heterocycles. The first kappa shape index (κ1) is 12.0. The quantitative estimate of drug-likeness (QED) is 0.857. The molecule has 4 rings (SSSR count). The van der Waals surface area contributed by atoms with Gasteiger partial charge in [0.1, 0.15) is 9.53 Å². The van der Waals surface area contributed by atoms with Crippen molar-refractivity contribution in [3.05, 3.63) is 15.7 Å². The Morgan fingerprint density at radius 1 is 1.35 bits per heavy atom. The zero-order chi connectivity index (χ0) is 12.4. The molecule has 3 aliphatic rings. The molecule has 0 aliphatic heterocycles. The van der Waals surface area contributed by atoms with Crippen molar-refractivity contribution in [1.82, 2.24) is 9.55 Å². The highest BCUT2D eigenvalue weighted by Crippen LogP contribution is 2.64. The van der Waals surface area contributed by atoms with Gasteiger partial charge in [0.15, 0.2) is 0 Å². The Hall–Kier alpha value is -0.100. The van der Waals surface area contributed by atoms with Crippen LogP contribution in [0.5, 0.6) is 0 Å². The first-order valence-electron chi connectivity index (χ1n) is 6.39. The van der Waals surface area contributed by atoms with Gasteiger partial charge < -0.3 is 10.3 Å². The van der Waals surface area contributed by atoms with E-state index in [0.29, 0.717) is 17.4 Å². The van der Waals surface area contributed by atoms with Gasteiger partial charge in [-0.2, -0.15) is 0 Å². The largest absolute Gasteiger partial charge is 0.327 e. The highest BCUT2D eigenvalue weighted by Gasteiger charge is 2.67. The van der Waals surface area contributed by atoms with Crippen LogP contribution in [0.15, 0.2) is 6.20 Å². The van der Waals surface area contributed by atoms with E-state index in [9.17, 15) is 0 Å². The van der Waals surface area contributed by atoms with E-state index in [-0.39, 0.29) is 5.54 Å². The SMILES string of the molecule is CC(C)C(C)c1nc(I)cn1C12CC(N)(C1)C2. The van der Waals surface area contributed by atoms with Gasteiger partial charge in [0.2, 0.25) is 0 Å². The molecule has 0 aromatic carbocycles. The fourth-order valence-electron chi connectivity index (χ4n) is 3.43. The number of aromatic nitrogens is 2. The zero-order valence-electron chi connectivity index (χ0n) is 10.7. The maximum atomic E-state index is 6.17. The molecule has 1 atom stereocenters. The number of nitrogens with two attached hydrogens (primary N) is 1. The number of rotatable bonds is 3. The molecule has 0 amide bonds. The van der Waals surface area contributed by atoms with E-state index in [1.807, 2.05) is 0 Å². The minimum atomic E-state index is 0.161. The maximum absolute atomic E-state index is 6.17. The lowest BCUT2D eigenvalue weighted by Gasteiger charge is -2.69. The third-order valence-electron chi connectivity index (χ3n) is 4.67. The van der Waals surface area contributed by atoms with Gasteiger partial charge in [-0.25, -0.2) is 4.98 Å². The second kappa shape index (κ2) is 3.47. The number of hydrogen-bond acceptors (Lipinski definition) is 2. The molecule has 1 aromatic rings. The minimum Gasteiger partial charge on any atom is -0.327 e. The van der Waals surface area contributed by atoms with Gasteiger partial charge in [-0.15, -0.1) is 0 Å². The molecular weight excluding hydrogens is 325 g/mol. The van der Waals surface area contributed by atoms with Crippen molar-refractivity contribution in [3.63, 3.8) is 0 Å². The van der Waals surface area contributed by atoms with Crippen LogP contribution >= 0.6 is 22.6 Å². The van der Waals surface area contributed by atoms with Crippen LogP contribution in [0.3, 0.4) is 0 Å². The molecule has 17 heavy (non-hydrogen) atoms. The molecule has 3 nitrogen and oxygen atoms in total. The Morgan fingerprint density at radius 2 is 1.94 bits per heavy atom. The molecule has 94 valence electrons. The molecule has 2 N–H and O–H groups in total. The summed E-state index contributed by atoms with van der Waals surface area (Å²) in [5.41, 5.74) is 6.65. The van der Waals surface area contributed by atoms with E-state index in [2.05, 4.69) is 54.1 Å². The van der Waals surface area contributed by atoms with Gasteiger partial charge in [0, 0.05) is 17.7 Å². The van der Waals surface area contributed by atoms with Gasteiger partial charge in [0.05, 0.1) is 5.54 Å². The maximum Gasteiger partial charge on any atom is 0.119 e. The molecule has 1 aromatic heterocycles. The van der Waals surface area contributed by atoms with Crippen LogP contribution in [0.25, 0.3) is 0 Å². The molecule has 3 aliphatic carbocycles. The standard InChI is InChI=1S/C13H20IN3/c1-8(2)9(3)11-16-10(14)4-17(11)13-5-12(15,6-13)7-13/h4,8-9H,5-7,15H2,1-3H3. The second-order valence-electron chi connectivity index (χ2n) is 6.44. The summed E-state index contributed by atoms with van der Waals surface area (Å²) in [5, 5.41) is 0. The van der Waals surface area contributed by atoms with Crippen molar-refractivity contribution in [1.29, 1.82) is 0 Å². The topological polar surface area (TPSA) is 43.8 Å². The predicted octanol–water partition coefficient (Wildman–Crippen LogP) is 2.84. The van der Waals surface area contributed by atoms with Crippen molar-refractivity contribution in [3.8, 4) is 0 Å². The summed E-state index contributed by atoms with van der Waals surface area (Å²) in [5.74, 6) is 2.40. The van der Waals surface area contributed by atoms with Crippen LogP contribution in [-0.4, -0.2) is 15.1 Å². The molecular formula is C13H20IN3. The van der Waals surface area contributed by atoms with E-state index in [0.717, 1.165) is 23.0 Å². The average molecular weight is 345 g/mol. The Kier molecular flexibility index (Phi) is 2.44. The van der Waals surface area contributed by atoms with E-state index in [4.69, 9.17) is 10.7 Å². The molecule has 2 bridgehead atoms. The normalized spacial score (nSPS) is 36.6. The Balaban J connectivity index is 1.95. The Morgan fingerprint density at radius 3 is 2.41 bits per heavy atom. The third-order valence-corrected chi connectivity index (χ3v) is 5.19. The molecule has 3 fully saturated rings. The summed E-state index contributed by atoms with van der Waals surface area (Å²) in [6.45, 7) is 6.81. The lowest BCUT2D eigenvalue weighted by Crippen LogP contribution is -2.76. The van der Waals surface area contributed by atoms with Crippen LogP contribution in [-0.2, 0) is 5.54 Å². The van der Waals surface area contributed by atoms with Crippen molar-refractivity contribution in [2.24, 2.45) is 11.7 Å². The van der Waals surface area contributed by atoms with Crippen molar-refractivity contribution < 1.29 is 0 Å². The lowest BCUT2D eigenvalue weighted by molar-refractivity contribution is -0.117. The average Bonchev–Trinajstić information content (AvgIpc) is 2.52. The van der Waals surface area contributed by atoms with Gasteiger partial charge in [-0.05, 0) is 47.8 Å². The summed E-state index contributed by atoms with van der Waals surface area (Å²) >= 11 is 2.32. The molecule has 1 unspecified atom stereocenters. The fourth-order valence-corrected chi connectivity index (χ4v) is 3.96. The monoisotopic (exact) mass is 345 g/mol. The van der Waals surface area contributed by atoms with Crippen molar-refractivity contribution in [2.75, 3.05) is 0 Å². The van der Waals surface area contributed by atoms with E-state index >= 15 is 0 Å². The Bertz CT molecular complexity index is 443. The lowest BCUT2D eigenvalue weighted by atomic mass is 9.44. The summed E-state index contributed by atoms with van der Waals surface area (Å²) in [6.07, 6.45) is 5.65. The first-order chi connectivity index (χ1) is 7.85. The van der Waals surface area contributed by atoms with Crippen molar-refractivity contribution >= 4 is 22.6 Å². The molecule has 3 saturated carbocycles. The minimum absolute atomic E-state index is 0.161. The Labute approximate surface area is 116 Å². The number of hydrogen-bond donors (Lipinski definition) is 1. The van der Waals surface area contributed by atoms with E-state index in [1.54, 1.807) is 0 Å². The molecule has 4 heteroatoms. The van der Waals surface area contributed by atoms with Crippen LogP contribution in [0, 0.1) is 9.62 Å². The van der Waals surface area contributed by atoms with Crippen LogP contribution < -0.4 is 5.73 Å². The van der Waals surface area contributed by atoms with Gasteiger partial charge in [-0.1, -0.05) is 20.8 Å². The highest BCUT2D eigenvalue weighted by molar-refractivity contribution is 14.1. The summed E-state index contributed by atoms with van der Waals surface area (Å²) < 4.78 is 3.55. The molecule has 0 radical (unpaired) electrons. The van der Waals surface area contributed by atoms with Gasteiger partial charge in [0.25, 0.3) is 0 Å². The fraction of sp³-hybridized carbons (Fsp3) is 0.769. The van der Waals surface area contributed by atoms with Crippen molar-refractivity contribution in [2.45, 2.75) is 57.0 Å². The highest BCUT2D eigenvalue weighted by atomic mass is 127. The van der Waals surface area contributed by atoms with Crippen LogP contribution in [0.1, 0.15) is 51.8 Å². The number of imidazole rings is 1. The summed E-state index contributed by atoms with van der Waals surface area (Å²) in [6, 6.07) is 0. The number of halogens is 1. The molecule has 0 saturated heterocycles. The second-order valence-corrected chi connectivity index (χ2v) is 7.55. The van der Waals surface area contributed by atoms with Crippen LogP contribution in [0.2, 0.25) is 0 Å². The zero-order valence-corrected chi connectivity index (χ0v) is 12.9. The van der Waals surface area contributed by atoms with Crippen LogP contribution in [0.4, 0.5) is 0 Å². The first-order valence-corrected chi connectivity index (χ1v) is 7.47. The van der Waals surface area contributed by atoms with Gasteiger partial charge >= 0.3 is 0 Å². The summed E-state index contributed by atoms with van der Waals surface area (Å²) in [4.78, 5) is 4.74. The van der Waals surface area contributed by atoms with E-state index in [1.165, 1.54) is 5.82 Å². The predicted molar refractivity (Wildman–Crippen MR) is 76.9 cm³/mol. The van der Waals surface area contributed by atoms with E-state index < -0.39 is 0 Å². The summed E-state index contributed by atoms with van der Waals surface area (Å²) in [7, 11) is 0. The molecule has 0 spiro atoms. The van der Waals surface area contributed by atoms with Gasteiger partial charge in [-0.3, -0.25) is 0 Å². The smallest absolute Gasteiger partial charge is 0.119 e.